The fourth-order valence-corrected chi connectivity index (χ4v) is 8.53. The van der Waals surface area contributed by atoms with Gasteiger partial charge in [0.15, 0.2) is 30.0 Å². The molecule has 3 saturated heterocycles. The van der Waals surface area contributed by atoms with E-state index in [0.29, 0.717) is 17.6 Å². The molecule has 0 amide bonds. The number of hydrogen-bond acceptors (Lipinski definition) is 16. The normalized spacial score (nSPS) is 29.4. The largest absolute Gasteiger partial charge is 0.461 e. The molecule has 5 heterocycles. The third-order valence-corrected chi connectivity index (χ3v) is 11.5. The zero-order valence-electron chi connectivity index (χ0n) is 33.4. The molecule has 60 heavy (non-hydrogen) atoms. The Labute approximate surface area is 341 Å². The van der Waals surface area contributed by atoms with Crippen LogP contribution in [0.5, 0.6) is 11.5 Å². The SMILES string of the molecule is CCOCCC(=O)Oc1c2cccc(OC3OC(C)C4OC(c5ccccc5)OC4C3OC3OC(C)C(O)C(OC)C3O)c2c2oc(=O)c3c(C)ccc4oc(=O)c1c2c43. The summed E-state index contributed by atoms with van der Waals surface area (Å²) in [6.45, 7) is 7.42. The molecule has 2 N–H and O–H groups in total. The van der Waals surface area contributed by atoms with Gasteiger partial charge in [-0.2, -0.15) is 0 Å². The van der Waals surface area contributed by atoms with Crippen molar-refractivity contribution in [1.29, 1.82) is 0 Å². The van der Waals surface area contributed by atoms with E-state index in [0.717, 1.165) is 5.56 Å². The predicted molar refractivity (Wildman–Crippen MR) is 212 cm³/mol. The third-order valence-electron chi connectivity index (χ3n) is 11.5. The van der Waals surface area contributed by atoms with Crippen LogP contribution < -0.4 is 20.7 Å². The zero-order valence-corrected chi connectivity index (χ0v) is 33.4. The summed E-state index contributed by atoms with van der Waals surface area (Å²) in [6.07, 6.45) is -11.4. The number of aryl methyl sites for hydroxylation is 1. The highest BCUT2D eigenvalue weighted by atomic mass is 16.8. The van der Waals surface area contributed by atoms with E-state index in [4.69, 9.17) is 51.5 Å². The van der Waals surface area contributed by atoms with Crippen molar-refractivity contribution in [2.75, 3.05) is 20.3 Å². The Morgan fingerprint density at radius 3 is 2.27 bits per heavy atom. The summed E-state index contributed by atoms with van der Waals surface area (Å²) in [6, 6.07) is 17.4. The van der Waals surface area contributed by atoms with Crippen molar-refractivity contribution in [3.05, 3.63) is 92.6 Å². The third kappa shape index (κ3) is 6.81. The van der Waals surface area contributed by atoms with Crippen LogP contribution in [0, 0.1) is 6.92 Å². The molecule has 2 aromatic heterocycles. The van der Waals surface area contributed by atoms with Gasteiger partial charge in [-0.3, -0.25) is 4.79 Å². The Kier molecular flexibility index (Phi) is 10.9. The van der Waals surface area contributed by atoms with Gasteiger partial charge in [-0.25, -0.2) is 9.59 Å². The van der Waals surface area contributed by atoms with Gasteiger partial charge in [0.25, 0.3) is 0 Å². The van der Waals surface area contributed by atoms with Crippen molar-refractivity contribution in [2.24, 2.45) is 0 Å². The number of fused-ring (bicyclic) bond motifs is 3. The lowest BCUT2D eigenvalue weighted by atomic mass is 9.95. The van der Waals surface area contributed by atoms with E-state index in [9.17, 15) is 24.6 Å². The van der Waals surface area contributed by atoms with Crippen LogP contribution in [0.3, 0.4) is 0 Å². The van der Waals surface area contributed by atoms with E-state index in [1.165, 1.54) is 7.11 Å². The van der Waals surface area contributed by atoms with Gasteiger partial charge < -0.3 is 61.7 Å². The molecule has 11 unspecified atom stereocenters. The molecule has 0 spiro atoms. The predicted octanol–water partition coefficient (Wildman–Crippen LogP) is 4.76. The highest BCUT2D eigenvalue weighted by Gasteiger charge is 2.56. The Hall–Kier alpha value is -5.01. The van der Waals surface area contributed by atoms with Gasteiger partial charge in [0.1, 0.15) is 47.2 Å². The molecule has 0 saturated carbocycles. The minimum absolute atomic E-state index is 0.0219. The lowest BCUT2D eigenvalue weighted by Gasteiger charge is -2.45. The summed E-state index contributed by atoms with van der Waals surface area (Å²) in [5, 5.41) is 23.1. The van der Waals surface area contributed by atoms with Crippen molar-refractivity contribution < 1.29 is 66.5 Å². The molecule has 11 atom stereocenters. The van der Waals surface area contributed by atoms with E-state index in [1.807, 2.05) is 30.3 Å². The van der Waals surface area contributed by atoms with Crippen LogP contribution in [-0.2, 0) is 38.0 Å². The fourth-order valence-electron chi connectivity index (χ4n) is 8.53. The molecule has 6 aromatic rings. The number of aliphatic hydroxyl groups excluding tert-OH is 2. The quantitative estimate of drug-likeness (QED) is 0.0452. The van der Waals surface area contributed by atoms with Crippen molar-refractivity contribution in [2.45, 2.75) is 102 Å². The second kappa shape index (κ2) is 16.1. The lowest BCUT2D eigenvalue weighted by molar-refractivity contribution is -0.346. The van der Waals surface area contributed by atoms with E-state index in [-0.39, 0.29) is 62.6 Å². The topological polar surface area (TPSA) is 201 Å². The van der Waals surface area contributed by atoms with Crippen LogP contribution in [0.1, 0.15) is 44.6 Å². The molecule has 3 aliphatic heterocycles. The first kappa shape index (κ1) is 40.4. The number of hydrogen-bond donors (Lipinski definition) is 2. The van der Waals surface area contributed by atoms with Crippen LogP contribution in [0.4, 0.5) is 0 Å². The molecule has 3 fully saturated rings. The number of benzene rings is 4. The molecule has 0 aliphatic carbocycles. The highest BCUT2D eigenvalue weighted by molar-refractivity contribution is 6.29. The molecule has 3 aliphatic rings. The highest BCUT2D eigenvalue weighted by Crippen LogP contribution is 2.47. The maximum absolute atomic E-state index is 13.9. The number of rotatable bonds is 11. The first-order chi connectivity index (χ1) is 29.0. The van der Waals surface area contributed by atoms with Gasteiger partial charge in [0.2, 0.25) is 6.29 Å². The maximum atomic E-state index is 13.9. The number of esters is 1. The van der Waals surface area contributed by atoms with Gasteiger partial charge in [0.05, 0.1) is 36.0 Å². The van der Waals surface area contributed by atoms with Gasteiger partial charge in [-0.05, 0) is 45.4 Å². The van der Waals surface area contributed by atoms with Crippen LogP contribution in [0.25, 0.3) is 43.5 Å². The number of ether oxygens (including phenoxy) is 9. The van der Waals surface area contributed by atoms with Gasteiger partial charge in [-0.1, -0.05) is 48.5 Å². The molecule has 316 valence electrons. The Bertz CT molecular complexity index is 2660. The second-order valence-corrected chi connectivity index (χ2v) is 15.2. The standard InChI is InChI=1S/C44H44O16/c1-6-51-18-17-26(45)56-35-23-13-10-14-24(28(23)36-30-29-25(54-41(49)31(30)35)16-15-19(2)27(29)40(48)57-36)55-44-39(60-43-33(47)37(50-5)32(46)20(3)52-43)38-34(21(4)53-44)58-42(59-38)22-11-8-7-9-12-22/h7-16,20-21,32-34,37-39,42-44,46-47H,6,17-18H2,1-5H3. The minimum atomic E-state index is -1.45. The van der Waals surface area contributed by atoms with Crippen LogP contribution in [0.15, 0.2) is 79.1 Å². The van der Waals surface area contributed by atoms with Crippen molar-refractivity contribution >= 4 is 49.5 Å². The van der Waals surface area contributed by atoms with Crippen molar-refractivity contribution in [1.82, 2.24) is 0 Å². The molecule has 16 heteroatoms. The second-order valence-electron chi connectivity index (χ2n) is 15.2. The average molecular weight is 829 g/mol. The van der Waals surface area contributed by atoms with E-state index >= 15 is 0 Å². The Balaban J connectivity index is 1.20. The van der Waals surface area contributed by atoms with Crippen LogP contribution >= 0.6 is 0 Å². The number of carbonyl (C=O) groups excluding carboxylic acids is 1. The molecule has 0 bridgehead atoms. The lowest BCUT2D eigenvalue weighted by Crippen LogP contribution is -2.63. The first-order valence-corrected chi connectivity index (χ1v) is 19.9. The monoisotopic (exact) mass is 828 g/mol. The fraction of sp³-hybridized carbons (Fsp3) is 0.432. The van der Waals surface area contributed by atoms with E-state index in [2.05, 4.69) is 0 Å². The maximum Gasteiger partial charge on any atom is 0.348 e. The van der Waals surface area contributed by atoms with E-state index in [1.54, 1.807) is 58.0 Å². The smallest absolute Gasteiger partial charge is 0.348 e. The van der Waals surface area contributed by atoms with Gasteiger partial charge >= 0.3 is 17.2 Å². The molecule has 0 radical (unpaired) electrons. The Morgan fingerprint density at radius 1 is 0.750 bits per heavy atom. The molecular formula is C44H44O16. The van der Waals surface area contributed by atoms with Crippen molar-refractivity contribution in [3.63, 3.8) is 0 Å². The van der Waals surface area contributed by atoms with E-state index < -0.39 is 84.9 Å². The number of methoxy groups -OCH3 is 1. The van der Waals surface area contributed by atoms with Gasteiger partial charge in [0, 0.05) is 35.4 Å². The Morgan fingerprint density at radius 2 is 1.50 bits per heavy atom. The number of carbonyl (C=O) groups is 1. The molecule has 16 nitrogen and oxygen atoms in total. The minimum Gasteiger partial charge on any atom is -0.461 e. The summed E-state index contributed by atoms with van der Waals surface area (Å²) in [5.41, 5.74) is -0.0802. The molecular weight excluding hydrogens is 784 g/mol. The molecule has 4 aromatic carbocycles. The molecule has 9 rings (SSSR count). The van der Waals surface area contributed by atoms with Crippen molar-refractivity contribution in [3.8, 4) is 11.5 Å². The zero-order chi connectivity index (χ0) is 42.0. The summed E-state index contributed by atoms with van der Waals surface area (Å²) < 4.78 is 67.5. The van der Waals surface area contributed by atoms with Gasteiger partial charge in [-0.15, -0.1) is 0 Å². The summed E-state index contributed by atoms with van der Waals surface area (Å²) in [4.78, 5) is 41.1. The summed E-state index contributed by atoms with van der Waals surface area (Å²) in [7, 11) is 1.36. The number of aliphatic hydroxyl groups is 2. The average Bonchev–Trinajstić information content (AvgIpc) is 3.69. The first-order valence-electron chi connectivity index (χ1n) is 19.9. The van der Waals surface area contributed by atoms with Crippen LogP contribution in [-0.4, -0.2) is 97.9 Å². The summed E-state index contributed by atoms with van der Waals surface area (Å²) in [5.74, 6) is -0.719. The summed E-state index contributed by atoms with van der Waals surface area (Å²) >= 11 is 0. The van der Waals surface area contributed by atoms with Crippen LogP contribution in [0.2, 0.25) is 0 Å².